The Morgan fingerprint density at radius 2 is 2.13 bits per heavy atom. The van der Waals surface area contributed by atoms with E-state index in [1.54, 1.807) is 6.92 Å². The first-order chi connectivity index (χ1) is 7.09. The fourth-order valence-electron chi connectivity index (χ4n) is 1.45. The number of likely N-dealkylation sites (N-methyl/N-ethyl adjacent to an activating group) is 1. The smallest absolute Gasteiger partial charge is 0.203 e. The lowest BCUT2D eigenvalue weighted by atomic mass is 10.1. The van der Waals surface area contributed by atoms with E-state index in [-0.39, 0.29) is 5.43 Å². The Hall–Kier alpha value is -0.780. The van der Waals surface area contributed by atoms with Crippen molar-refractivity contribution in [2.24, 2.45) is 5.73 Å². The summed E-state index contributed by atoms with van der Waals surface area (Å²) in [7, 11) is 1.91. The highest BCUT2D eigenvalue weighted by Gasteiger charge is 2.16. The molecule has 0 aromatic heterocycles. The molecule has 15 heavy (non-hydrogen) atoms. The van der Waals surface area contributed by atoms with Crippen molar-refractivity contribution in [3.8, 4) is 0 Å². The number of nitrogens with two attached hydrogens (primary N) is 1. The summed E-state index contributed by atoms with van der Waals surface area (Å²) >= 11 is 4.97. The predicted octanol–water partition coefficient (Wildman–Crippen LogP) is 0.372. The van der Waals surface area contributed by atoms with Crippen molar-refractivity contribution in [2.75, 3.05) is 38.3 Å². The summed E-state index contributed by atoms with van der Waals surface area (Å²) in [6.07, 6.45) is 0. The quantitative estimate of drug-likeness (QED) is 0.563. The molecule has 0 aliphatic rings. The van der Waals surface area contributed by atoms with Crippen LogP contribution in [0.5, 0.6) is 0 Å². The minimum atomic E-state index is -0.00488. The van der Waals surface area contributed by atoms with Gasteiger partial charge in [0, 0.05) is 25.7 Å². The molecule has 0 saturated carbocycles. The molecule has 84 valence electrons. The summed E-state index contributed by atoms with van der Waals surface area (Å²) < 4.78 is 5.69. The van der Waals surface area contributed by atoms with Crippen LogP contribution in [0.4, 0.5) is 5.69 Å². The van der Waals surface area contributed by atoms with Gasteiger partial charge in [-0.1, -0.05) is 12.2 Å². The van der Waals surface area contributed by atoms with Crippen LogP contribution in [0.3, 0.4) is 0 Å². The minimum absolute atomic E-state index is 0.00488. The number of rotatable bonds is 6. The molecule has 0 radical (unpaired) electrons. The Morgan fingerprint density at radius 3 is 2.67 bits per heavy atom. The summed E-state index contributed by atoms with van der Waals surface area (Å²) in [4.78, 5) is 13.1. The second-order valence-corrected chi connectivity index (χ2v) is 3.86. The van der Waals surface area contributed by atoms with E-state index in [1.807, 2.05) is 11.9 Å². The maximum absolute atomic E-state index is 11.2. The van der Waals surface area contributed by atoms with Gasteiger partial charge in [-0.05, 0) is 6.92 Å². The molecule has 0 unspecified atom stereocenters. The topological polar surface area (TPSA) is 55.6 Å². The molecule has 0 aliphatic heterocycles. The molecule has 0 amide bonds. The molecule has 0 fully saturated rings. The molecule has 2 N–H and O–H groups in total. The lowest BCUT2D eigenvalue weighted by molar-refractivity contribution is 0.148. The summed E-state index contributed by atoms with van der Waals surface area (Å²) in [5.74, 6) is 0. The van der Waals surface area contributed by atoms with Gasteiger partial charge in [0.05, 0.1) is 18.9 Å². The van der Waals surface area contributed by atoms with Crippen LogP contribution < -0.4 is 16.1 Å². The Balaban J connectivity index is 2.45. The summed E-state index contributed by atoms with van der Waals surface area (Å²) in [5.41, 5.74) is 6.92. The summed E-state index contributed by atoms with van der Waals surface area (Å²) in [5, 5.41) is 0. The molecule has 0 bridgehead atoms. The van der Waals surface area contributed by atoms with Crippen LogP contribution in [0.15, 0.2) is 4.79 Å². The third kappa shape index (κ3) is 2.62. The second-order valence-electron chi connectivity index (χ2n) is 3.45. The van der Waals surface area contributed by atoms with Crippen LogP contribution in [-0.2, 0) is 4.74 Å². The zero-order chi connectivity index (χ0) is 11.4. The van der Waals surface area contributed by atoms with Crippen molar-refractivity contribution < 1.29 is 4.74 Å². The van der Waals surface area contributed by atoms with Crippen LogP contribution in [-0.4, -0.2) is 33.4 Å². The van der Waals surface area contributed by atoms with Crippen LogP contribution in [0.25, 0.3) is 0 Å². The van der Waals surface area contributed by atoms with Crippen molar-refractivity contribution >= 4 is 17.9 Å². The lowest BCUT2D eigenvalue weighted by Gasteiger charge is -2.22. The average Bonchev–Trinajstić information content (AvgIpc) is 2.24. The van der Waals surface area contributed by atoms with Crippen molar-refractivity contribution in [3.63, 3.8) is 0 Å². The van der Waals surface area contributed by atoms with Gasteiger partial charge in [-0.15, -0.1) is 0 Å². The van der Waals surface area contributed by atoms with Gasteiger partial charge in [-0.2, -0.15) is 0 Å². The standard InChI is InChI=1S/C10H16N2O2S/c1-7-8(10(15)9(7)13)12(2)4-6-14-5-3-11/h3-6,11H2,1-2H3. The van der Waals surface area contributed by atoms with Gasteiger partial charge >= 0.3 is 0 Å². The third-order valence-corrected chi connectivity index (χ3v) is 2.71. The molecule has 4 nitrogen and oxygen atoms in total. The molecule has 0 heterocycles. The molecular formula is C10H16N2O2S. The SMILES string of the molecule is Cc1c(N(C)CCOCCN)c(=S)c1=O. The van der Waals surface area contributed by atoms with Crippen LogP contribution >= 0.6 is 12.2 Å². The Bertz CT molecular complexity index is 396. The van der Waals surface area contributed by atoms with Crippen LogP contribution in [0.2, 0.25) is 0 Å². The molecule has 0 aliphatic carbocycles. The van der Waals surface area contributed by atoms with Gasteiger partial charge in [0.25, 0.3) is 0 Å². The van der Waals surface area contributed by atoms with Gasteiger partial charge in [-0.25, -0.2) is 0 Å². The van der Waals surface area contributed by atoms with Gasteiger partial charge in [0.2, 0.25) is 5.43 Å². The van der Waals surface area contributed by atoms with Crippen LogP contribution in [0.1, 0.15) is 5.56 Å². The van der Waals surface area contributed by atoms with E-state index < -0.39 is 0 Å². The first-order valence-corrected chi connectivity index (χ1v) is 5.29. The number of hydrogen-bond acceptors (Lipinski definition) is 5. The summed E-state index contributed by atoms with van der Waals surface area (Å²) in [6, 6.07) is 0. The Morgan fingerprint density at radius 1 is 1.47 bits per heavy atom. The van der Waals surface area contributed by atoms with E-state index in [0.29, 0.717) is 24.3 Å². The molecule has 5 heteroatoms. The van der Waals surface area contributed by atoms with Gasteiger partial charge < -0.3 is 15.4 Å². The lowest BCUT2D eigenvalue weighted by Crippen LogP contribution is -2.30. The first-order valence-electron chi connectivity index (χ1n) is 4.88. The fraction of sp³-hybridized carbons (Fsp3) is 0.600. The zero-order valence-electron chi connectivity index (χ0n) is 9.08. The van der Waals surface area contributed by atoms with Crippen molar-refractivity contribution in [2.45, 2.75) is 6.92 Å². The van der Waals surface area contributed by atoms with E-state index in [9.17, 15) is 4.79 Å². The van der Waals surface area contributed by atoms with Crippen molar-refractivity contribution in [1.82, 2.24) is 0 Å². The first kappa shape index (κ1) is 12.3. The van der Waals surface area contributed by atoms with E-state index >= 15 is 0 Å². The van der Waals surface area contributed by atoms with E-state index in [2.05, 4.69) is 0 Å². The number of nitrogens with zero attached hydrogens (tertiary/aromatic N) is 1. The highest BCUT2D eigenvalue weighted by atomic mass is 32.1. The van der Waals surface area contributed by atoms with E-state index in [0.717, 1.165) is 17.8 Å². The van der Waals surface area contributed by atoms with E-state index in [4.69, 9.17) is 22.7 Å². The zero-order valence-corrected chi connectivity index (χ0v) is 9.89. The third-order valence-electron chi connectivity index (χ3n) is 2.33. The molecule has 1 aromatic rings. The van der Waals surface area contributed by atoms with Gasteiger partial charge in [0.15, 0.2) is 0 Å². The van der Waals surface area contributed by atoms with Gasteiger partial charge in [0.1, 0.15) is 4.51 Å². The van der Waals surface area contributed by atoms with E-state index in [1.165, 1.54) is 0 Å². The normalized spacial score (nSPS) is 10.9. The molecule has 1 rings (SSSR count). The average molecular weight is 228 g/mol. The van der Waals surface area contributed by atoms with Crippen molar-refractivity contribution in [3.05, 3.63) is 20.3 Å². The van der Waals surface area contributed by atoms with Crippen molar-refractivity contribution in [1.29, 1.82) is 0 Å². The molecule has 0 atom stereocenters. The maximum Gasteiger partial charge on any atom is 0.203 e. The van der Waals surface area contributed by atoms with Crippen LogP contribution in [0, 0.1) is 11.4 Å². The number of hydrogen-bond donors (Lipinski definition) is 1. The molecule has 0 spiro atoms. The Kier molecular flexibility index (Phi) is 4.38. The minimum Gasteiger partial charge on any atom is -0.378 e. The largest absolute Gasteiger partial charge is 0.378 e. The monoisotopic (exact) mass is 228 g/mol. The number of ether oxygens (including phenoxy) is 1. The summed E-state index contributed by atoms with van der Waals surface area (Å²) in [6.45, 7) is 4.21. The molecular weight excluding hydrogens is 212 g/mol. The highest BCUT2D eigenvalue weighted by molar-refractivity contribution is 7.71. The molecule has 0 saturated heterocycles. The molecule has 1 aromatic carbocycles. The van der Waals surface area contributed by atoms with Gasteiger partial charge in [-0.3, -0.25) is 4.79 Å². The fourth-order valence-corrected chi connectivity index (χ4v) is 1.91. The maximum atomic E-state index is 11.2. The predicted molar refractivity (Wildman–Crippen MR) is 63.8 cm³/mol. The second kappa shape index (κ2) is 5.34. The number of anilines is 1. The Labute approximate surface area is 94.3 Å². The highest BCUT2D eigenvalue weighted by Crippen LogP contribution is 2.19.